The highest BCUT2D eigenvalue weighted by Crippen LogP contribution is 2.12. The number of nitrogens with two attached hydrogens (primary N) is 1. The van der Waals surface area contributed by atoms with Crippen molar-refractivity contribution in [3.63, 3.8) is 0 Å². The number of aryl methyl sites for hydroxylation is 1. The van der Waals surface area contributed by atoms with Gasteiger partial charge < -0.3 is 5.73 Å². The number of pyridine rings is 1. The van der Waals surface area contributed by atoms with E-state index in [1.807, 2.05) is 13.0 Å². The number of thiocarbonyl (C=S) groups is 1. The summed E-state index contributed by atoms with van der Waals surface area (Å²) in [5, 5.41) is 0. The van der Waals surface area contributed by atoms with Crippen LogP contribution in [0.4, 0.5) is 0 Å². The van der Waals surface area contributed by atoms with Gasteiger partial charge in [0.2, 0.25) is 10.0 Å². The Kier molecular flexibility index (Phi) is 5.39. The summed E-state index contributed by atoms with van der Waals surface area (Å²) in [7, 11) is -3.45. The lowest BCUT2D eigenvalue weighted by atomic mass is 10.0. The van der Waals surface area contributed by atoms with Crippen LogP contribution in [0.1, 0.15) is 26.0 Å². The van der Waals surface area contributed by atoms with Gasteiger partial charge in [0.1, 0.15) is 0 Å². The molecule has 1 aromatic heterocycles. The summed E-state index contributed by atoms with van der Waals surface area (Å²) < 4.78 is 26.6. The van der Waals surface area contributed by atoms with Gasteiger partial charge in [0, 0.05) is 18.3 Å². The van der Waals surface area contributed by atoms with Gasteiger partial charge in [-0.15, -0.1) is 0 Å². The summed E-state index contributed by atoms with van der Waals surface area (Å²) >= 11 is 4.91. The number of hydrogen-bond acceptors (Lipinski definition) is 4. The summed E-state index contributed by atoms with van der Waals surface area (Å²) in [6, 6.07) is 5.41. The molecule has 1 rings (SSSR count). The Bertz CT molecular complexity index is 531. The van der Waals surface area contributed by atoms with Crippen molar-refractivity contribution in [3.05, 3.63) is 30.1 Å². The van der Waals surface area contributed by atoms with Gasteiger partial charge >= 0.3 is 0 Å². The Hall–Kier alpha value is -1.05. The third-order valence-corrected chi connectivity index (χ3v) is 4.94. The van der Waals surface area contributed by atoms with E-state index in [1.165, 1.54) is 0 Å². The Morgan fingerprint density at radius 3 is 2.68 bits per heavy atom. The zero-order valence-electron chi connectivity index (χ0n) is 11.1. The summed E-state index contributed by atoms with van der Waals surface area (Å²) in [5.41, 5.74) is 5.45. The van der Waals surface area contributed by atoms with Crippen molar-refractivity contribution in [1.82, 2.24) is 9.71 Å². The largest absolute Gasteiger partial charge is 0.392 e. The number of sulfonamides is 1. The first-order chi connectivity index (χ1) is 8.79. The quantitative estimate of drug-likeness (QED) is 0.734. The Morgan fingerprint density at radius 1 is 1.53 bits per heavy atom. The molecular formula is C12H19N3O2S2. The van der Waals surface area contributed by atoms with Gasteiger partial charge in [0.05, 0.1) is 16.3 Å². The van der Waals surface area contributed by atoms with E-state index in [2.05, 4.69) is 9.71 Å². The van der Waals surface area contributed by atoms with Crippen LogP contribution in [0.25, 0.3) is 0 Å². The highest BCUT2D eigenvalue weighted by Gasteiger charge is 2.30. The molecule has 0 radical (unpaired) electrons. The highest BCUT2D eigenvalue weighted by atomic mass is 32.2. The van der Waals surface area contributed by atoms with E-state index in [-0.39, 0.29) is 10.7 Å². The third-order valence-electron chi connectivity index (χ3n) is 2.98. The van der Waals surface area contributed by atoms with E-state index < -0.39 is 15.6 Å². The number of aromatic nitrogens is 1. The van der Waals surface area contributed by atoms with E-state index in [0.717, 1.165) is 5.69 Å². The highest BCUT2D eigenvalue weighted by molar-refractivity contribution is 7.89. The molecule has 1 heterocycles. The lowest BCUT2D eigenvalue weighted by Crippen LogP contribution is -2.54. The first-order valence-electron chi connectivity index (χ1n) is 6.00. The van der Waals surface area contributed by atoms with Crippen LogP contribution in [0.15, 0.2) is 24.4 Å². The van der Waals surface area contributed by atoms with Crippen LogP contribution >= 0.6 is 12.2 Å². The second-order valence-electron chi connectivity index (χ2n) is 4.54. The molecule has 5 nitrogen and oxygen atoms in total. The molecule has 1 unspecified atom stereocenters. The predicted molar refractivity (Wildman–Crippen MR) is 80.3 cm³/mol. The first-order valence-corrected chi connectivity index (χ1v) is 8.06. The second kappa shape index (κ2) is 6.40. The minimum absolute atomic E-state index is 0.0395. The SMILES string of the molecule is CCC(C)(NS(=O)(=O)CCc1ccccn1)C(N)=S. The lowest BCUT2D eigenvalue weighted by Gasteiger charge is -2.27. The molecule has 0 bridgehead atoms. The Balaban J connectivity index is 2.69. The molecule has 0 aliphatic rings. The standard InChI is InChI=1S/C12H19N3O2S2/c1-3-12(2,11(13)18)15-19(16,17)9-7-10-6-4-5-8-14-10/h4-6,8,15H,3,7,9H2,1-2H3,(H2,13,18). The van der Waals surface area contributed by atoms with Crippen molar-refractivity contribution in [3.8, 4) is 0 Å². The maximum Gasteiger partial charge on any atom is 0.212 e. The van der Waals surface area contributed by atoms with Gasteiger partial charge in [-0.1, -0.05) is 25.2 Å². The Labute approximate surface area is 119 Å². The van der Waals surface area contributed by atoms with E-state index in [9.17, 15) is 8.42 Å². The maximum absolute atomic E-state index is 12.0. The fourth-order valence-corrected chi connectivity index (χ4v) is 3.26. The number of nitrogens with zero attached hydrogens (tertiary/aromatic N) is 1. The summed E-state index contributed by atoms with van der Waals surface area (Å²) in [5.74, 6) is -0.0395. The second-order valence-corrected chi connectivity index (χ2v) is 6.82. The molecule has 0 spiro atoms. The fourth-order valence-electron chi connectivity index (χ4n) is 1.48. The van der Waals surface area contributed by atoms with Crippen LogP contribution in [0.2, 0.25) is 0 Å². The van der Waals surface area contributed by atoms with Crippen molar-refractivity contribution >= 4 is 27.2 Å². The molecule has 0 saturated carbocycles. The molecule has 19 heavy (non-hydrogen) atoms. The zero-order chi connectivity index (χ0) is 14.5. The smallest absolute Gasteiger partial charge is 0.212 e. The van der Waals surface area contributed by atoms with Crippen molar-refractivity contribution < 1.29 is 8.42 Å². The van der Waals surface area contributed by atoms with Gasteiger partial charge in [0.25, 0.3) is 0 Å². The van der Waals surface area contributed by atoms with Crippen molar-refractivity contribution in [1.29, 1.82) is 0 Å². The average Bonchev–Trinajstić information content (AvgIpc) is 2.37. The molecule has 0 aromatic carbocycles. The van der Waals surface area contributed by atoms with Crippen LogP contribution in [0.3, 0.4) is 0 Å². The van der Waals surface area contributed by atoms with Crippen LogP contribution in [0, 0.1) is 0 Å². The van der Waals surface area contributed by atoms with Crippen LogP contribution in [-0.2, 0) is 16.4 Å². The summed E-state index contributed by atoms with van der Waals surface area (Å²) in [6.07, 6.45) is 2.50. The lowest BCUT2D eigenvalue weighted by molar-refractivity contribution is 0.511. The number of nitrogens with one attached hydrogen (secondary N) is 1. The molecule has 1 aromatic rings. The fraction of sp³-hybridized carbons (Fsp3) is 0.500. The molecule has 0 aliphatic heterocycles. The minimum Gasteiger partial charge on any atom is -0.392 e. The van der Waals surface area contributed by atoms with Crippen LogP contribution in [0.5, 0.6) is 0 Å². The molecule has 1 atom stereocenters. The van der Waals surface area contributed by atoms with Gasteiger partial charge in [-0.3, -0.25) is 4.98 Å². The van der Waals surface area contributed by atoms with Gasteiger partial charge in [-0.25, -0.2) is 13.1 Å². The van der Waals surface area contributed by atoms with E-state index in [0.29, 0.717) is 12.8 Å². The normalized spacial score (nSPS) is 14.8. The van der Waals surface area contributed by atoms with Crippen LogP contribution in [-0.4, -0.2) is 29.7 Å². The predicted octanol–water partition coefficient (Wildman–Crippen LogP) is 0.998. The van der Waals surface area contributed by atoms with E-state index >= 15 is 0 Å². The monoisotopic (exact) mass is 301 g/mol. The van der Waals surface area contributed by atoms with Gasteiger partial charge in [-0.2, -0.15) is 0 Å². The van der Waals surface area contributed by atoms with Gasteiger partial charge in [0.15, 0.2) is 0 Å². The van der Waals surface area contributed by atoms with Crippen molar-refractivity contribution in [2.24, 2.45) is 5.73 Å². The van der Waals surface area contributed by atoms with Crippen molar-refractivity contribution in [2.75, 3.05) is 5.75 Å². The van der Waals surface area contributed by atoms with Gasteiger partial charge in [-0.05, 0) is 25.5 Å². The molecule has 3 N–H and O–H groups in total. The molecule has 7 heteroatoms. The van der Waals surface area contributed by atoms with E-state index in [4.69, 9.17) is 18.0 Å². The third kappa shape index (κ3) is 4.85. The van der Waals surface area contributed by atoms with Crippen LogP contribution < -0.4 is 10.5 Å². The topological polar surface area (TPSA) is 85.1 Å². The molecule has 0 aliphatic carbocycles. The first kappa shape index (κ1) is 16.0. The Morgan fingerprint density at radius 2 is 2.21 bits per heavy atom. The molecular weight excluding hydrogens is 282 g/mol. The molecule has 106 valence electrons. The van der Waals surface area contributed by atoms with E-state index in [1.54, 1.807) is 25.3 Å². The summed E-state index contributed by atoms with van der Waals surface area (Å²) in [6.45, 7) is 3.52. The number of rotatable bonds is 7. The molecule has 0 saturated heterocycles. The number of hydrogen-bond donors (Lipinski definition) is 2. The molecule has 0 amide bonds. The molecule has 0 fully saturated rings. The van der Waals surface area contributed by atoms with Crippen molar-refractivity contribution in [2.45, 2.75) is 32.2 Å². The average molecular weight is 301 g/mol. The minimum atomic E-state index is -3.45. The maximum atomic E-state index is 12.0. The summed E-state index contributed by atoms with van der Waals surface area (Å²) in [4.78, 5) is 4.24. The zero-order valence-corrected chi connectivity index (χ0v) is 12.7.